The molecule has 3 aromatic heterocycles. The Hall–Kier alpha value is -2.35. The standard InChI is InChI=1S/C26H35ClN6S/c1-7-11-33(12-8-2)15-19-13-18(16(5)24(28)30-19)14-20(9-3)34-26-29-17(6)22-23(27)21(10-4)31-25(22)32-26/h9,13-14H,5,7-8,10-12,15H2,1-4,6H3,(H2,28,30)(H,29,31,32)/b18-14-,20-9+. The third-order valence-corrected chi connectivity index (χ3v) is 7.05. The zero-order chi connectivity index (χ0) is 24.8. The van der Waals surface area contributed by atoms with E-state index in [1.54, 1.807) is 0 Å². The van der Waals surface area contributed by atoms with Gasteiger partial charge in [-0.1, -0.05) is 56.8 Å². The molecule has 0 saturated carbocycles. The number of aryl methyl sites for hydroxylation is 2. The normalized spacial score (nSPS) is 12.9. The van der Waals surface area contributed by atoms with Crippen molar-refractivity contribution in [3.63, 3.8) is 0 Å². The number of rotatable bonds is 10. The van der Waals surface area contributed by atoms with E-state index in [1.807, 2.05) is 19.9 Å². The third-order valence-electron chi connectivity index (χ3n) is 5.68. The molecular formula is C26H35ClN6S. The van der Waals surface area contributed by atoms with E-state index in [0.717, 1.165) is 82.4 Å². The smallest absolute Gasteiger partial charge is 0.194 e. The van der Waals surface area contributed by atoms with Crippen LogP contribution in [0.1, 0.15) is 57.6 Å². The number of anilines is 1. The zero-order valence-electron chi connectivity index (χ0n) is 20.8. The molecule has 0 amide bonds. The van der Waals surface area contributed by atoms with Gasteiger partial charge in [0.05, 0.1) is 21.8 Å². The molecule has 3 aromatic rings. The molecule has 0 radical (unpaired) electrons. The number of allylic oxidation sites excluding steroid dienone is 2. The van der Waals surface area contributed by atoms with Gasteiger partial charge >= 0.3 is 0 Å². The highest BCUT2D eigenvalue weighted by molar-refractivity contribution is 8.03. The average molecular weight is 499 g/mol. The summed E-state index contributed by atoms with van der Waals surface area (Å²) in [7, 11) is 0. The number of nitrogens with one attached hydrogen (secondary N) is 1. The zero-order valence-corrected chi connectivity index (χ0v) is 22.4. The average Bonchev–Trinajstić information content (AvgIpc) is 3.12. The van der Waals surface area contributed by atoms with Crippen LogP contribution in [0.5, 0.6) is 0 Å². The number of hydrogen-bond donors (Lipinski definition) is 2. The second-order valence-electron chi connectivity index (χ2n) is 8.37. The van der Waals surface area contributed by atoms with Crippen LogP contribution >= 0.6 is 23.4 Å². The quantitative estimate of drug-likeness (QED) is 0.303. The van der Waals surface area contributed by atoms with E-state index >= 15 is 0 Å². The maximum atomic E-state index is 6.51. The summed E-state index contributed by atoms with van der Waals surface area (Å²) in [5.74, 6) is 0.471. The van der Waals surface area contributed by atoms with Crippen molar-refractivity contribution >= 4 is 52.9 Å². The van der Waals surface area contributed by atoms with Gasteiger partial charge in [0.25, 0.3) is 0 Å². The van der Waals surface area contributed by atoms with Gasteiger partial charge < -0.3 is 10.7 Å². The van der Waals surface area contributed by atoms with Crippen LogP contribution in [0, 0.1) is 6.92 Å². The molecule has 0 aliphatic heterocycles. The highest BCUT2D eigenvalue weighted by atomic mass is 35.5. The van der Waals surface area contributed by atoms with Gasteiger partial charge in [0.1, 0.15) is 11.5 Å². The number of aromatic amines is 1. The largest absolute Gasteiger partial charge is 0.383 e. The fourth-order valence-corrected chi connectivity index (χ4v) is 5.22. The minimum atomic E-state index is 0.471. The second-order valence-corrected chi connectivity index (χ2v) is 9.79. The van der Waals surface area contributed by atoms with Gasteiger partial charge in [-0.3, -0.25) is 4.90 Å². The van der Waals surface area contributed by atoms with Crippen LogP contribution in [0.25, 0.3) is 23.7 Å². The number of nitrogens with two attached hydrogens (primary N) is 1. The highest BCUT2D eigenvalue weighted by Crippen LogP contribution is 2.32. The number of halogens is 1. The van der Waals surface area contributed by atoms with Crippen LogP contribution < -0.4 is 16.2 Å². The Labute approximate surface area is 211 Å². The summed E-state index contributed by atoms with van der Waals surface area (Å²) in [6, 6.07) is 2.09. The summed E-state index contributed by atoms with van der Waals surface area (Å²) in [6.45, 7) is 17.5. The van der Waals surface area contributed by atoms with Crippen molar-refractivity contribution in [2.45, 2.75) is 65.6 Å². The van der Waals surface area contributed by atoms with E-state index in [4.69, 9.17) is 27.3 Å². The van der Waals surface area contributed by atoms with Crippen LogP contribution in [0.4, 0.5) is 5.82 Å². The minimum absolute atomic E-state index is 0.471. The third kappa shape index (κ3) is 6.01. The lowest BCUT2D eigenvalue weighted by atomic mass is 10.2. The van der Waals surface area contributed by atoms with Gasteiger partial charge in [0.15, 0.2) is 5.16 Å². The Morgan fingerprint density at radius 1 is 1.21 bits per heavy atom. The Kier molecular flexibility index (Phi) is 9.17. The number of thioether (sulfide) groups is 1. The SMILES string of the molecule is C=c1c(N)nc(CN(CCC)CCC)c/c1=C/C(=C\C)Sc1nc(C)c2c(Cl)c(CC)[nH]c2n1. The van der Waals surface area contributed by atoms with E-state index in [9.17, 15) is 0 Å². The Morgan fingerprint density at radius 3 is 2.53 bits per heavy atom. The Balaban J connectivity index is 1.95. The van der Waals surface area contributed by atoms with Crippen molar-refractivity contribution in [3.05, 3.63) is 49.6 Å². The molecule has 8 heteroatoms. The molecule has 0 saturated heterocycles. The van der Waals surface area contributed by atoms with Gasteiger partial charge in [0.2, 0.25) is 0 Å². The lowest BCUT2D eigenvalue weighted by Crippen LogP contribution is -2.32. The van der Waals surface area contributed by atoms with Crippen molar-refractivity contribution in [2.75, 3.05) is 18.8 Å². The van der Waals surface area contributed by atoms with Gasteiger partial charge in [-0.2, -0.15) is 0 Å². The number of hydrogen-bond acceptors (Lipinski definition) is 6. The van der Waals surface area contributed by atoms with Crippen LogP contribution in [-0.4, -0.2) is 37.9 Å². The van der Waals surface area contributed by atoms with Crippen molar-refractivity contribution in [1.29, 1.82) is 0 Å². The fraction of sp³-hybridized carbons (Fsp3) is 0.423. The van der Waals surface area contributed by atoms with E-state index in [1.165, 1.54) is 11.8 Å². The first kappa shape index (κ1) is 26.3. The minimum Gasteiger partial charge on any atom is -0.383 e. The van der Waals surface area contributed by atoms with Crippen LogP contribution in [-0.2, 0) is 13.0 Å². The van der Waals surface area contributed by atoms with Crippen molar-refractivity contribution in [3.8, 4) is 0 Å². The lowest BCUT2D eigenvalue weighted by molar-refractivity contribution is 0.263. The molecule has 34 heavy (non-hydrogen) atoms. The lowest BCUT2D eigenvalue weighted by Gasteiger charge is -2.20. The molecule has 0 aromatic carbocycles. The number of nitrogen functional groups attached to an aromatic ring is 1. The number of aromatic nitrogens is 4. The van der Waals surface area contributed by atoms with Crippen LogP contribution in [0.2, 0.25) is 5.02 Å². The molecule has 3 rings (SSSR count). The Bertz CT molecular complexity index is 1290. The number of H-pyrrole nitrogens is 1. The first-order chi connectivity index (χ1) is 16.3. The molecule has 0 atom stereocenters. The summed E-state index contributed by atoms with van der Waals surface area (Å²) < 4.78 is 0. The molecule has 6 nitrogen and oxygen atoms in total. The van der Waals surface area contributed by atoms with E-state index in [2.05, 4.69) is 54.4 Å². The summed E-state index contributed by atoms with van der Waals surface area (Å²) in [5, 5.41) is 3.97. The van der Waals surface area contributed by atoms with E-state index in [-0.39, 0.29) is 0 Å². The molecule has 0 unspecified atom stereocenters. The maximum Gasteiger partial charge on any atom is 0.194 e. The van der Waals surface area contributed by atoms with Gasteiger partial charge in [-0.05, 0) is 63.6 Å². The molecule has 182 valence electrons. The highest BCUT2D eigenvalue weighted by Gasteiger charge is 2.15. The monoisotopic (exact) mass is 498 g/mol. The molecular weight excluding hydrogens is 464 g/mol. The summed E-state index contributed by atoms with van der Waals surface area (Å²) in [4.78, 5) is 20.8. The molecule has 0 bridgehead atoms. The number of pyridine rings is 1. The van der Waals surface area contributed by atoms with Gasteiger partial charge in [0, 0.05) is 22.4 Å². The second kappa shape index (κ2) is 11.9. The van der Waals surface area contributed by atoms with Gasteiger partial charge in [-0.25, -0.2) is 15.0 Å². The van der Waals surface area contributed by atoms with Crippen molar-refractivity contribution in [1.82, 2.24) is 24.8 Å². The van der Waals surface area contributed by atoms with E-state index in [0.29, 0.717) is 16.0 Å². The summed E-state index contributed by atoms with van der Waals surface area (Å²) >= 11 is 8.02. The van der Waals surface area contributed by atoms with Crippen LogP contribution in [0.3, 0.4) is 0 Å². The maximum absolute atomic E-state index is 6.51. The number of fused-ring (bicyclic) bond motifs is 1. The topological polar surface area (TPSA) is 83.7 Å². The Morgan fingerprint density at radius 2 is 1.91 bits per heavy atom. The van der Waals surface area contributed by atoms with Crippen molar-refractivity contribution < 1.29 is 0 Å². The molecule has 0 fully saturated rings. The molecule has 3 heterocycles. The van der Waals surface area contributed by atoms with Gasteiger partial charge in [-0.15, -0.1) is 0 Å². The molecule has 3 N–H and O–H groups in total. The summed E-state index contributed by atoms with van der Waals surface area (Å²) in [6.07, 6.45) is 7.16. The van der Waals surface area contributed by atoms with Crippen LogP contribution in [0.15, 0.2) is 22.2 Å². The molecule has 0 spiro atoms. The van der Waals surface area contributed by atoms with Crippen molar-refractivity contribution in [2.24, 2.45) is 0 Å². The molecule has 0 aliphatic rings. The first-order valence-electron chi connectivity index (χ1n) is 11.9. The fourth-order valence-electron chi connectivity index (χ4n) is 3.98. The van der Waals surface area contributed by atoms with E-state index < -0.39 is 0 Å². The first-order valence-corrected chi connectivity index (χ1v) is 13.1. The predicted molar refractivity (Wildman–Crippen MR) is 146 cm³/mol. The predicted octanol–water partition coefficient (Wildman–Crippen LogP) is 4.97. The summed E-state index contributed by atoms with van der Waals surface area (Å²) in [5.41, 5.74) is 9.82. The number of nitrogens with zero attached hydrogens (tertiary/aromatic N) is 4. The molecule has 0 aliphatic carbocycles.